The van der Waals surface area contributed by atoms with Gasteiger partial charge in [0.25, 0.3) is 0 Å². The molecule has 0 fully saturated rings. The number of nitrogens with two attached hydrogens (primary N) is 2. The number of aromatic carboxylic acids is 2. The molecule has 0 aliphatic heterocycles. The highest BCUT2D eigenvalue weighted by Gasteiger charge is 2.10. The zero-order chi connectivity index (χ0) is 16.3. The van der Waals surface area contributed by atoms with Gasteiger partial charge >= 0.3 is 11.9 Å². The van der Waals surface area contributed by atoms with Crippen LogP contribution in [0, 0.1) is 0 Å². The Hall–Kier alpha value is -2.12. The van der Waals surface area contributed by atoms with E-state index in [-0.39, 0.29) is 16.9 Å². The summed E-state index contributed by atoms with van der Waals surface area (Å²) in [6.45, 7) is 1.65. The number of aromatic hydroxyl groups is 1. The molecule has 0 bridgehead atoms. The number of rotatable bonds is 7. The van der Waals surface area contributed by atoms with Crippen molar-refractivity contribution in [3.63, 3.8) is 0 Å². The Morgan fingerprint density at radius 1 is 0.810 bits per heavy atom. The first-order valence-corrected chi connectivity index (χ1v) is 6.63. The molecular formula is C14H22N2O5. The Bertz CT molecular complexity index is 424. The monoisotopic (exact) mass is 298 g/mol. The zero-order valence-corrected chi connectivity index (χ0v) is 11.8. The number of hydrogen-bond donors (Lipinski definition) is 5. The normalized spacial score (nSPS) is 9.62. The molecule has 0 radical (unpaired) electrons. The lowest BCUT2D eigenvalue weighted by Gasteiger charge is -1.98. The Morgan fingerprint density at radius 3 is 1.48 bits per heavy atom. The molecular weight excluding hydrogens is 276 g/mol. The second-order valence-electron chi connectivity index (χ2n) is 4.37. The van der Waals surface area contributed by atoms with Crippen molar-refractivity contribution in [1.29, 1.82) is 0 Å². The van der Waals surface area contributed by atoms with Gasteiger partial charge in [-0.05, 0) is 44.1 Å². The van der Waals surface area contributed by atoms with Gasteiger partial charge in [-0.25, -0.2) is 9.59 Å². The minimum atomic E-state index is -1.28. The molecule has 1 aromatic carbocycles. The quantitative estimate of drug-likeness (QED) is 0.476. The highest BCUT2D eigenvalue weighted by atomic mass is 16.4. The second kappa shape index (κ2) is 10.6. The van der Waals surface area contributed by atoms with Gasteiger partial charge < -0.3 is 26.8 Å². The summed E-state index contributed by atoms with van der Waals surface area (Å²) < 4.78 is 0. The summed E-state index contributed by atoms with van der Waals surface area (Å²) in [5.41, 5.74) is 10.1. The first-order chi connectivity index (χ1) is 9.92. The summed E-state index contributed by atoms with van der Waals surface area (Å²) in [6, 6.07) is 2.94. The molecule has 7 nitrogen and oxygen atoms in total. The molecule has 0 amide bonds. The molecule has 1 aromatic rings. The number of benzene rings is 1. The van der Waals surface area contributed by atoms with Gasteiger partial charge in [0.05, 0.1) is 11.1 Å². The summed E-state index contributed by atoms with van der Waals surface area (Å²) in [6.07, 6.45) is 4.79. The lowest BCUT2D eigenvalue weighted by molar-refractivity contribution is 0.0696. The van der Waals surface area contributed by atoms with Gasteiger partial charge in [-0.1, -0.05) is 12.8 Å². The summed E-state index contributed by atoms with van der Waals surface area (Å²) in [4.78, 5) is 20.8. The number of carboxylic acid groups (broad SMARTS) is 2. The minimum Gasteiger partial charge on any atom is -0.508 e. The Labute approximate surface area is 123 Å². The number of unbranched alkanes of at least 4 members (excludes halogenated alkanes) is 3. The van der Waals surface area contributed by atoms with Crippen molar-refractivity contribution in [3.8, 4) is 5.75 Å². The van der Waals surface area contributed by atoms with Crippen LogP contribution in [-0.2, 0) is 0 Å². The topological polar surface area (TPSA) is 147 Å². The summed E-state index contributed by atoms with van der Waals surface area (Å²) in [5.74, 6) is -2.94. The highest BCUT2D eigenvalue weighted by Crippen LogP contribution is 2.15. The van der Waals surface area contributed by atoms with Crippen LogP contribution < -0.4 is 11.5 Å². The van der Waals surface area contributed by atoms with E-state index in [1.54, 1.807) is 0 Å². The maximum absolute atomic E-state index is 10.4. The first kappa shape index (κ1) is 18.9. The van der Waals surface area contributed by atoms with Gasteiger partial charge in [0.1, 0.15) is 5.75 Å². The maximum Gasteiger partial charge on any atom is 0.335 e. The number of hydrogen-bond acceptors (Lipinski definition) is 5. The summed E-state index contributed by atoms with van der Waals surface area (Å²) in [7, 11) is 0. The van der Waals surface area contributed by atoms with E-state index < -0.39 is 11.9 Å². The molecule has 0 spiro atoms. The largest absolute Gasteiger partial charge is 0.508 e. The molecule has 0 heterocycles. The van der Waals surface area contributed by atoms with Crippen LogP contribution in [0.4, 0.5) is 0 Å². The van der Waals surface area contributed by atoms with E-state index in [1.807, 2.05) is 0 Å². The van der Waals surface area contributed by atoms with Crippen molar-refractivity contribution in [3.05, 3.63) is 29.3 Å². The first-order valence-electron chi connectivity index (χ1n) is 6.63. The fraction of sp³-hybridized carbons (Fsp3) is 0.429. The van der Waals surface area contributed by atoms with Gasteiger partial charge in [0, 0.05) is 0 Å². The Morgan fingerprint density at radius 2 is 1.19 bits per heavy atom. The molecule has 0 aliphatic carbocycles. The number of phenolic OH excluding ortho intramolecular Hbond substituents is 1. The van der Waals surface area contributed by atoms with Crippen LogP contribution >= 0.6 is 0 Å². The van der Waals surface area contributed by atoms with E-state index in [4.69, 9.17) is 26.8 Å². The van der Waals surface area contributed by atoms with Crippen LogP contribution in [0.25, 0.3) is 0 Å². The van der Waals surface area contributed by atoms with Gasteiger partial charge in [-0.2, -0.15) is 0 Å². The third kappa shape index (κ3) is 8.61. The third-order valence-electron chi connectivity index (χ3n) is 2.57. The van der Waals surface area contributed by atoms with Crippen molar-refractivity contribution < 1.29 is 24.9 Å². The molecule has 0 saturated carbocycles. The molecule has 0 unspecified atom stereocenters. The number of carboxylic acids is 2. The van der Waals surface area contributed by atoms with Gasteiger partial charge in [0.2, 0.25) is 0 Å². The molecule has 0 atom stereocenters. The van der Waals surface area contributed by atoms with Gasteiger partial charge in [-0.15, -0.1) is 0 Å². The molecule has 118 valence electrons. The van der Waals surface area contributed by atoms with Crippen molar-refractivity contribution in [2.75, 3.05) is 13.1 Å². The predicted molar refractivity (Wildman–Crippen MR) is 78.6 cm³/mol. The lowest BCUT2D eigenvalue weighted by atomic mass is 10.1. The zero-order valence-electron chi connectivity index (χ0n) is 11.8. The molecule has 0 aromatic heterocycles. The van der Waals surface area contributed by atoms with E-state index in [0.29, 0.717) is 0 Å². The van der Waals surface area contributed by atoms with Crippen molar-refractivity contribution in [2.24, 2.45) is 11.5 Å². The molecule has 7 heteroatoms. The van der Waals surface area contributed by atoms with Crippen LogP contribution in [-0.4, -0.2) is 40.3 Å². The lowest BCUT2D eigenvalue weighted by Crippen LogP contribution is -2.01. The fourth-order valence-corrected chi connectivity index (χ4v) is 1.50. The average Bonchev–Trinajstić information content (AvgIpc) is 2.43. The van der Waals surface area contributed by atoms with Crippen molar-refractivity contribution in [2.45, 2.75) is 25.7 Å². The molecule has 0 saturated heterocycles. The Balaban J connectivity index is 0.000000433. The maximum atomic E-state index is 10.4. The number of carbonyl (C=O) groups is 2. The van der Waals surface area contributed by atoms with Crippen LogP contribution in [0.2, 0.25) is 0 Å². The number of phenols is 1. The molecule has 7 N–H and O–H groups in total. The van der Waals surface area contributed by atoms with E-state index >= 15 is 0 Å². The van der Waals surface area contributed by atoms with E-state index in [9.17, 15) is 9.59 Å². The Kier molecular flexibility index (Phi) is 9.57. The predicted octanol–water partition coefficient (Wildman–Crippen LogP) is 1.25. The van der Waals surface area contributed by atoms with Crippen LogP contribution in [0.15, 0.2) is 18.2 Å². The van der Waals surface area contributed by atoms with Gasteiger partial charge in [0.15, 0.2) is 0 Å². The van der Waals surface area contributed by atoms with Gasteiger partial charge in [-0.3, -0.25) is 0 Å². The fourth-order valence-electron chi connectivity index (χ4n) is 1.50. The minimum absolute atomic E-state index is 0.252. The molecule has 1 rings (SSSR count). The summed E-state index contributed by atoms with van der Waals surface area (Å²) >= 11 is 0. The van der Waals surface area contributed by atoms with E-state index in [0.717, 1.165) is 44.1 Å². The highest BCUT2D eigenvalue weighted by molar-refractivity contribution is 5.94. The summed E-state index contributed by atoms with van der Waals surface area (Å²) in [5, 5.41) is 26.0. The average molecular weight is 298 g/mol. The van der Waals surface area contributed by atoms with Crippen LogP contribution in [0.1, 0.15) is 46.4 Å². The molecule has 0 aliphatic rings. The SMILES string of the molecule is NCCCCCCN.O=C(O)c1cc(O)cc(C(=O)O)c1. The van der Waals surface area contributed by atoms with E-state index in [2.05, 4.69) is 0 Å². The van der Waals surface area contributed by atoms with Crippen LogP contribution in [0.5, 0.6) is 5.75 Å². The second-order valence-corrected chi connectivity index (χ2v) is 4.37. The molecule has 21 heavy (non-hydrogen) atoms. The standard InChI is InChI=1S/C8H6O5.C6H16N2/c9-6-2-4(7(10)11)1-5(3-6)8(12)13;7-5-3-1-2-4-6-8/h1-3,9H,(H,10,11)(H,12,13);1-8H2. The van der Waals surface area contributed by atoms with E-state index in [1.165, 1.54) is 12.8 Å². The third-order valence-corrected chi connectivity index (χ3v) is 2.57. The van der Waals surface area contributed by atoms with Crippen LogP contribution in [0.3, 0.4) is 0 Å². The smallest absolute Gasteiger partial charge is 0.335 e. The van der Waals surface area contributed by atoms with Crippen molar-refractivity contribution in [1.82, 2.24) is 0 Å². The van der Waals surface area contributed by atoms with Crippen molar-refractivity contribution >= 4 is 11.9 Å².